The number of hydrazine groups is 1. The number of benzene rings is 1. The van der Waals surface area contributed by atoms with Crippen molar-refractivity contribution in [2.24, 2.45) is 5.84 Å². The molecule has 1 atom stereocenters. The average molecular weight is 273 g/mol. The number of hydrogen-bond donors (Lipinski definition) is 3. The third kappa shape index (κ3) is 3.36. The topological polar surface area (TPSA) is 85.0 Å². The molecule has 6 nitrogen and oxygen atoms in total. The van der Waals surface area contributed by atoms with Crippen molar-refractivity contribution >= 4 is 11.6 Å². The highest BCUT2D eigenvalue weighted by molar-refractivity contribution is 5.96. The summed E-state index contributed by atoms with van der Waals surface area (Å²) in [4.78, 5) is 16.2. The lowest BCUT2D eigenvalue weighted by atomic mass is 10.1. The van der Waals surface area contributed by atoms with E-state index in [1.54, 1.807) is 24.7 Å². The standard InChI is InChI=1S/C14H19N5O/c1-10-7-12(18-15)3-4-13(10)14(20)17-11(2)8-19-6-5-16-9-19/h3-7,9,11,18H,8,15H2,1-2H3,(H,17,20). The van der Waals surface area contributed by atoms with E-state index in [1.165, 1.54) is 0 Å². The summed E-state index contributed by atoms with van der Waals surface area (Å²) < 4.78 is 1.93. The number of carbonyl (C=O) groups is 1. The maximum absolute atomic E-state index is 12.2. The molecule has 0 bridgehead atoms. The number of aryl methyl sites for hydroxylation is 1. The van der Waals surface area contributed by atoms with Crippen molar-refractivity contribution in [1.29, 1.82) is 0 Å². The highest BCUT2D eigenvalue weighted by Gasteiger charge is 2.12. The summed E-state index contributed by atoms with van der Waals surface area (Å²) in [6, 6.07) is 5.41. The summed E-state index contributed by atoms with van der Waals surface area (Å²) in [5.41, 5.74) is 4.88. The fourth-order valence-electron chi connectivity index (χ4n) is 2.07. The minimum atomic E-state index is -0.0845. The van der Waals surface area contributed by atoms with E-state index in [-0.39, 0.29) is 11.9 Å². The molecule has 0 saturated carbocycles. The molecule has 2 aromatic rings. The number of nitrogens with one attached hydrogen (secondary N) is 2. The van der Waals surface area contributed by atoms with E-state index in [2.05, 4.69) is 15.7 Å². The first kappa shape index (κ1) is 14.1. The number of nitrogen functional groups attached to an aromatic ring is 1. The van der Waals surface area contributed by atoms with Crippen LogP contribution in [0.5, 0.6) is 0 Å². The molecule has 6 heteroatoms. The number of aromatic nitrogens is 2. The van der Waals surface area contributed by atoms with Crippen LogP contribution in [0.3, 0.4) is 0 Å². The predicted octanol–water partition coefficient (Wildman–Crippen LogP) is 1.30. The molecule has 0 radical (unpaired) electrons. The van der Waals surface area contributed by atoms with E-state index >= 15 is 0 Å². The summed E-state index contributed by atoms with van der Waals surface area (Å²) in [6.45, 7) is 4.53. The Morgan fingerprint density at radius 3 is 2.90 bits per heavy atom. The molecule has 1 amide bonds. The van der Waals surface area contributed by atoms with Crippen molar-refractivity contribution in [3.63, 3.8) is 0 Å². The van der Waals surface area contributed by atoms with Crippen LogP contribution >= 0.6 is 0 Å². The maximum Gasteiger partial charge on any atom is 0.251 e. The number of nitrogens with zero attached hydrogens (tertiary/aromatic N) is 2. The number of anilines is 1. The third-order valence-corrected chi connectivity index (χ3v) is 3.06. The molecule has 0 fully saturated rings. The zero-order chi connectivity index (χ0) is 14.5. The van der Waals surface area contributed by atoms with Crippen LogP contribution in [0.2, 0.25) is 0 Å². The van der Waals surface area contributed by atoms with E-state index in [9.17, 15) is 4.79 Å². The molecule has 0 aliphatic rings. The van der Waals surface area contributed by atoms with Gasteiger partial charge in [-0.3, -0.25) is 10.6 Å². The fraction of sp³-hybridized carbons (Fsp3) is 0.286. The molecular weight excluding hydrogens is 254 g/mol. The van der Waals surface area contributed by atoms with Gasteiger partial charge in [0, 0.05) is 36.2 Å². The van der Waals surface area contributed by atoms with Gasteiger partial charge in [-0.25, -0.2) is 4.98 Å². The molecule has 106 valence electrons. The minimum Gasteiger partial charge on any atom is -0.348 e. The van der Waals surface area contributed by atoms with Gasteiger partial charge in [-0.1, -0.05) is 0 Å². The van der Waals surface area contributed by atoms with Crippen LogP contribution in [0.15, 0.2) is 36.9 Å². The van der Waals surface area contributed by atoms with Gasteiger partial charge in [0.1, 0.15) is 0 Å². The highest BCUT2D eigenvalue weighted by atomic mass is 16.1. The molecule has 1 heterocycles. The number of carbonyl (C=O) groups excluding carboxylic acids is 1. The molecule has 1 aromatic carbocycles. The fourth-order valence-corrected chi connectivity index (χ4v) is 2.07. The summed E-state index contributed by atoms with van der Waals surface area (Å²) in [5.74, 6) is 5.26. The molecule has 0 spiro atoms. The van der Waals surface area contributed by atoms with Crippen molar-refractivity contribution in [3.05, 3.63) is 48.0 Å². The van der Waals surface area contributed by atoms with Crippen LogP contribution in [0.1, 0.15) is 22.8 Å². The normalized spacial score (nSPS) is 11.9. The number of rotatable bonds is 5. The van der Waals surface area contributed by atoms with Crippen LogP contribution in [-0.4, -0.2) is 21.5 Å². The smallest absolute Gasteiger partial charge is 0.251 e. The molecular formula is C14H19N5O. The van der Waals surface area contributed by atoms with Gasteiger partial charge in [-0.15, -0.1) is 0 Å². The Balaban J connectivity index is 2.00. The molecule has 0 aliphatic heterocycles. The lowest BCUT2D eigenvalue weighted by Crippen LogP contribution is -2.35. The second-order valence-corrected chi connectivity index (χ2v) is 4.81. The van der Waals surface area contributed by atoms with Gasteiger partial charge in [-0.05, 0) is 37.6 Å². The Labute approximate surface area is 118 Å². The molecule has 2 rings (SSSR count). The first-order chi connectivity index (χ1) is 9.60. The Hall–Kier alpha value is -2.34. The molecule has 20 heavy (non-hydrogen) atoms. The van der Waals surface area contributed by atoms with E-state index in [0.29, 0.717) is 12.1 Å². The SMILES string of the molecule is Cc1cc(NN)ccc1C(=O)NC(C)Cn1ccnc1. The van der Waals surface area contributed by atoms with Gasteiger partial charge in [0.15, 0.2) is 0 Å². The van der Waals surface area contributed by atoms with Crippen LogP contribution in [0.4, 0.5) is 5.69 Å². The van der Waals surface area contributed by atoms with Gasteiger partial charge in [0.25, 0.3) is 5.91 Å². The van der Waals surface area contributed by atoms with Gasteiger partial charge in [0.2, 0.25) is 0 Å². The zero-order valence-electron chi connectivity index (χ0n) is 11.6. The number of hydrogen-bond acceptors (Lipinski definition) is 4. The largest absolute Gasteiger partial charge is 0.348 e. The van der Waals surface area contributed by atoms with Gasteiger partial charge >= 0.3 is 0 Å². The molecule has 1 unspecified atom stereocenters. The first-order valence-corrected chi connectivity index (χ1v) is 6.44. The van der Waals surface area contributed by atoms with Crippen molar-refractivity contribution in [3.8, 4) is 0 Å². The van der Waals surface area contributed by atoms with Gasteiger partial charge < -0.3 is 15.3 Å². The van der Waals surface area contributed by atoms with Crippen molar-refractivity contribution in [2.45, 2.75) is 26.4 Å². The Bertz CT molecular complexity index is 579. The molecule has 0 aliphatic carbocycles. The van der Waals surface area contributed by atoms with Crippen molar-refractivity contribution in [2.75, 3.05) is 5.43 Å². The second-order valence-electron chi connectivity index (χ2n) is 4.81. The maximum atomic E-state index is 12.2. The molecule has 1 aromatic heterocycles. The zero-order valence-corrected chi connectivity index (χ0v) is 11.6. The van der Waals surface area contributed by atoms with Crippen LogP contribution in [0, 0.1) is 6.92 Å². The lowest BCUT2D eigenvalue weighted by Gasteiger charge is -2.15. The Kier molecular flexibility index (Phi) is 4.37. The average Bonchev–Trinajstić information content (AvgIpc) is 2.90. The quantitative estimate of drug-likeness (QED) is 0.566. The van der Waals surface area contributed by atoms with Crippen molar-refractivity contribution in [1.82, 2.24) is 14.9 Å². The number of imidazole rings is 1. The van der Waals surface area contributed by atoms with Crippen molar-refractivity contribution < 1.29 is 4.79 Å². The second kappa shape index (κ2) is 6.21. The monoisotopic (exact) mass is 273 g/mol. The van der Waals surface area contributed by atoms with E-state index in [0.717, 1.165) is 11.3 Å². The van der Waals surface area contributed by atoms with Gasteiger partial charge in [-0.2, -0.15) is 0 Å². The van der Waals surface area contributed by atoms with E-state index in [1.807, 2.05) is 30.7 Å². The van der Waals surface area contributed by atoms with E-state index < -0.39 is 0 Å². The first-order valence-electron chi connectivity index (χ1n) is 6.44. The van der Waals surface area contributed by atoms with E-state index in [4.69, 9.17) is 5.84 Å². The minimum absolute atomic E-state index is 0.0170. The molecule has 0 saturated heterocycles. The summed E-state index contributed by atoms with van der Waals surface area (Å²) in [5, 5.41) is 2.97. The Morgan fingerprint density at radius 1 is 1.50 bits per heavy atom. The summed E-state index contributed by atoms with van der Waals surface area (Å²) >= 11 is 0. The lowest BCUT2D eigenvalue weighted by molar-refractivity contribution is 0.0936. The van der Waals surface area contributed by atoms with Gasteiger partial charge in [0.05, 0.1) is 6.33 Å². The molecule has 4 N–H and O–H groups in total. The van der Waals surface area contributed by atoms with Crippen LogP contribution < -0.4 is 16.6 Å². The van der Waals surface area contributed by atoms with Crippen LogP contribution in [-0.2, 0) is 6.54 Å². The predicted molar refractivity (Wildman–Crippen MR) is 78.1 cm³/mol. The number of amides is 1. The summed E-state index contributed by atoms with van der Waals surface area (Å²) in [7, 11) is 0. The third-order valence-electron chi connectivity index (χ3n) is 3.06. The summed E-state index contributed by atoms with van der Waals surface area (Å²) in [6.07, 6.45) is 5.32. The number of nitrogens with two attached hydrogens (primary N) is 1. The highest BCUT2D eigenvalue weighted by Crippen LogP contribution is 2.14. The Morgan fingerprint density at radius 2 is 2.30 bits per heavy atom. The van der Waals surface area contributed by atoms with Crippen LogP contribution in [0.25, 0.3) is 0 Å².